The molecule has 0 saturated carbocycles. The zero-order chi connectivity index (χ0) is 15.9. The lowest BCUT2D eigenvalue weighted by molar-refractivity contribution is 0.288. The van der Waals surface area contributed by atoms with Crippen LogP contribution in [0.1, 0.15) is 12.0 Å². The van der Waals surface area contributed by atoms with Crippen LogP contribution in [0.2, 0.25) is 0 Å². The van der Waals surface area contributed by atoms with Gasteiger partial charge >= 0.3 is 0 Å². The molecule has 0 spiro atoms. The highest BCUT2D eigenvalue weighted by molar-refractivity contribution is 7.92. The molecule has 2 heterocycles. The highest BCUT2D eigenvalue weighted by Gasteiger charge is 2.18. The molecule has 118 valence electrons. The number of nitrogens with zero attached hydrogens (tertiary/aromatic N) is 1. The summed E-state index contributed by atoms with van der Waals surface area (Å²) < 4.78 is 33.3. The number of aromatic nitrogens is 2. The molecule has 0 radical (unpaired) electrons. The third-order valence-electron chi connectivity index (χ3n) is 3.88. The van der Waals surface area contributed by atoms with Crippen LogP contribution >= 0.6 is 0 Å². The summed E-state index contributed by atoms with van der Waals surface area (Å²) in [5, 5.41) is 7.68. The summed E-state index contributed by atoms with van der Waals surface area (Å²) >= 11 is 0. The molecular formula is C16H15N3O3S. The molecule has 2 aromatic carbocycles. The van der Waals surface area contributed by atoms with Crippen LogP contribution in [0.3, 0.4) is 0 Å². The topological polar surface area (TPSA) is 84.1 Å². The zero-order valence-electron chi connectivity index (χ0n) is 12.2. The molecule has 1 aliphatic rings. The molecule has 0 unspecified atom stereocenters. The number of ether oxygens (including phenoxy) is 1. The van der Waals surface area contributed by atoms with Crippen molar-refractivity contribution in [3.8, 4) is 5.75 Å². The van der Waals surface area contributed by atoms with Gasteiger partial charge in [0.15, 0.2) is 0 Å². The molecule has 7 heteroatoms. The minimum Gasteiger partial charge on any atom is -0.493 e. The quantitative estimate of drug-likeness (QED) is 0.774. The lowest BCUT2D eigenvalue weighted by Gasteiger charge is -2.18. The molecular weight excluding hydrogens is 314 g/mol. The van der Waals surface area contributed by atoms with Crippen LogP contribution < -0.4 is 9.46 Å². The van der Waals surface area contributed by atoms with E-state index in [1.165, 1.54) is 0 Å². The van der Waals surface area contributed by atoms with Crippen LogP contribution in [0, 0.1) is 0 Å². The minimum absolute atomic E-state index is 0.242. The van der Waals surface area contributed by atoms with Gasteiger partial charge in [-0.2, -0.15) is 5.10 Å². The fourth-order valence-electron chi connectivity index (χ4n) is 2.72. The maximum absolute atomic E-state index is 12.6. The Morgan fingerprint density at radius 1 is 1.17 bits per heavy atom. The maximum atomic E-state index is 12.6. The number of aryl methyl sites for hydroxylation is 1. The fraction of sp³-hybridized carbons (Fsp3) is 0.188. The van der Waals surface area contributed by atoms with Crippen LogP contribution in [0.4, 0.5) is 5.69 Å². The molecule has 23 heavy (non-hydrogen) atoms. The van der Waals surface area contributed by atoms with Crippen LogP contribution in [-0.2, 0) is 16.4 Å². The average Bonchev–Trinajstić information content (AvgIpc) is 3.01. The normalized spacial score (nSPS) is 14.3. The smallest absolute Gasteiger partial charge is 0.261 e. The van der Waals surface area contributed by atoms with E-state index in [1.54, 1.807) is 36.5 Å². The zero-order valence-corrected chi connectivity index (χ0v) is 13.1. The summed E-state index contributed by atoms with van der Waals surface area (Å²) in [6.45, 7) is 0.682. The molecule has 1 aliphatic heterocycles. The molecule has 3 aromatic rings. The summed E-state index contributed by atoms with van der Waals surface area (Å²) in [5.74, 6) is 0.772. The largest absolute Gasteiger partial charge is 0.493 e. The van der Waals surface area contributed by atoms with Crippen molar-refractivity contribution in [1.82, 2.24) is 10.2 Å². The molecule has 0 bridgehead atoms. The number of aromatic amines is 1. The van der Waals surface area contributed by atoms with E-state index in [2.05, 4.69) is 14.9 Å². The number of fused-ring (bicyclic) bond motifs is 2. The van der Waals surface area contributed by atoms with Crippen molar-refractivity contribution in [3.05, 3.63) is 48.2 Å². The Morgan fingerprint density at radius 2 is 2.09 bits per heavy atom. The van der Waals surface area contributed by atoms with Gasteiger partial charge in [0.25, 0.3) is 10.0 Å². The number of hydrogen-bond acceptors (Lipinski definition) is 4. The standard InChI is InChI=1S/C16H15N3O3S/c20-23(21,14-5-6-16-11(8-14)2-1-7-22-16)19-13-4-3-12-10-17-18-15(12)9-13/h3-6,8-10,19H,1-2,7H2,(H,17,18). The van der Waals surface area contributed by atoms with E-state index in [1.807, 2.05) is 6.07 Å². The van der Waals surface area contributed by atoms with Crippen LogP contribution in [0.15, 0.2) is 47.5 Å². The van der Waals surface area contributed by atoms with Crippen molar-refractivity contribution < 1.29 is 13.2 Å². The number of sulfonamides is 1. The lowest BCUT2D eigenvalue weighted by atomic mass is 10.1. The van der Waals surface area contributed by atoms with Gasteiger partial charge in [-0.05, 0) is 54.8 Å². The van der Waals surface area contributed by atoms with Gasteiger partial charge in [-0.25, -0.2) is 8.42 Å². The predicted octanol–water partition coefficient (Wildman–Crippen LogP) is 2.69. The number of H-pyrrole nitrogens is 1. The molecule has 0 fully saturated rings. The summed E-state index contributed by atoms with van der Waals surface area (Å²) in [6, 6.07) is 10.2. The van der Waals surface area contributed by atoms with Crippen LogP contribution in [0.5, 0.6) is 5.75 Å². The van der Waals surface area contributed by atoms with Crippen molar-refractivity contribution in [1.29, 1.82) is 0 Å². The Labute approximate surface area is 133 Å². The highest BCUT2D eigenvalue weighted by atomic mass is 32.2. The summed E-state index contributed by atoms with van der Waals surface area (Å²) in [4.78, 5) is 0.242. The van der Waals surface area contributed by atoms with Gasteiger partial charge in [0.2, 0.25) is 0 Å². The molecule has 4 rings (SSSR count). The second kappa shape index (κ2) is 5.27. The van der Waals surface area contributed by atoms with E-state index in [-0.39, 0.29) is 4.90 Å². The Hall–Kier alpha value is -2.54. The first-order valence-electron chi connectivity index (χ1n) is 7.33. The van der Waals surface area contributed by atoms with E-state index in [9.17, 15) is 8.42 Å². The summed E-state index contributed by atoms with van der Waals surface area (Å²) in [6.07, 6.45) is 3.43. The molecule has 0 amide bonds. The second-order valence-corrected chi connectivity index (χ2v) is 7.18. The van der Waals surface area contributed by atoms with Crippen molar-refractivity contribution in [2.45, 2.75) is 17.7 Å². The first-order chi connectivity index (χ1) is 11.1. The van der Waals surface area contributed by atoms with E-state index in [4.69, 9.17) is 4.74 Å². The van der Waals surface area contributed by atoms with E-state index in [0.29, 0.717) is 12.3 Å². The monoisotopic (exact) mass is 329 g/mol. The van der Waals surface area contributed by atoms with Gasteiger partial charge in [-0.3, -0.25) is 9.82 Å². The number of hydrogen-bond donors (Lipinski definition) is 2. The molecule has 6 nitrogen and oxygen atoms in total. The molecule has 0 aliphatic carbocycles. The van der Waals surface area contributed by atoms with Gasteiger partial charge in [0.05, 0.1) is 28.9 Å². The first kappa shape index (κ1) is 14.1. The van der Waals surface area contributed by atoms with Gasteiger partial charge in [-0.15, -0.1) is 0 Å². The third-order valence-corrected chi connectivity index (χ3v) is 5.26. The van der Waals surface area contributed by atoms with E-state index < -0.39 is 10.0 Å². The average molecular weight is 329 g/mol. The molecule has 1 aromatic heterocycles. The van der Waals surface area contributed by atoms with Gasteiger partial charge in [0, 0.05) is 5.39 Å². The van der Waals surface area contributed by atoms with Crippen molar-refractivity contribution in [2.75, 3.05) is 11.3 Å². The molecule has 2 N–H and O–H groups in total. The molecule has 0 atom stereocenters. The first-order valence-corrected chi connectivity index (χ1v) is 8.82. The Balaban J connectivity index is 1.66. The number of anilines is 1. The third kappa shape index (κ3) is 2.63. The summed E-state index contributed by atoms with van der Waals surface area (Å²) in [7, 11) is -3.64. The Bertz CT molecular complexity index is 979. The second-order valence-electron chi connectivity index (χ2n) is 5.50. The fourth-order valence-corrected chi connectivity index (χ4v) is 3.82. The Morgan fingerprint density at radius 3 is 3.00 bits per heavy atom. The predicted molar refractivity (Wildman–Crippen MR) is 87.2 cm³/mol. The highest BCUT2D eigenvalue weighted by Crippen LogP contribution is 2.28. The SMILES string of the molecule is O=S(=O)(Nc1ccc2cn[nH]c2c1)c1ccc2c(c1)CCCO2. The van der Waals surface area contributed by atoms with Crippen molar-refractivity contribution in [3.63, 3.8) is 0 Å². The number of nitrogens with one attached hydrogen (secondary N) is 2. The maximum Gasteiger partial charge on any atom is 0.261 e. The molecule has 0 saturated heterocycles. The van der Waals surface area contributed by atoms with Gasteiger partial charge < -0.3 is 4.74 Å². The minimum atomic E-state index is -3.64. The van der Waals surface area contributed by atoms with Crippen LogP contribution in [0.25, 0.3) is 10.9 Å². The Kier molecular flexibility index (Phi) is 3.23. The summed E-state index contributed by atoms with van der Waals surface area (Å²) in [5.41, 5.74) is 2.21. The van der Waals surface area contributed by atoms with E-state index >= 15 is 0 Å². The number of rotatable bonds is 3. The van der Waals surface area contributed by atoms with Crippen molar-refractivity contribution >= 4 is 26.6 Å². The van der Waals surface area contributed by atoms with E-state index in [0.717, 1.165) is 35.1 Å². The number of benzene rings is 2. The van der Waals surface area contributed by atoms with Crippen LogP contribution in [-0.4, -0.2) is 25.2 Å². The lowest BCUT2D eigenvalue weighted by Crippen LogP contribution is -2.15. The van der Waals surface area contributed by atoms with Gasteiger partial charge in [-0.1, -0.05) is 0 Å². The van der Waals surface area contributed by atoms with Gasteiger partial charge in [0.1, 0.15) is 5.75 Å². The van der Waals surface area contributed by atoms with Crippen molar-refractivity contribution in [2.24, 2.45) is 0 Å².